The Kier molecular flexibility index (Phi) is 2.82. The molecule has 2 rings (SSSR count). The molecule has 14 heavy (non-hydrogen) atoms. The Morgan fingerprint density at radius 3 is 3.00 bits per heavy atom. The molecule has 2 heteroatoms. The van der Waals surface area contributed by atoms with Gasteiger partial charge in [-0.15, -0.1) is 0 Å². The first-order valence-electron chi connectivity index (χ1n) is 5.19. The predicted molar refractivity (Wildman–Crippen MR) is 55.9 cm³/mol. The van der Waals surface area contributed by atoms with Gasteiger partial charge in [-0.25, -0.2) is 0 Å². The third-order valence-corrected chi connectivity index (χ3v) is 2.89. The maximum atomic E-state index is 10.5. The Morgan fingerprint density at radius 2 is 2.14 bits per heavy atom. The molecular formula is C12H15NO. The lowest BCUT2D eigenvalue weighted by molar-refractivity contribution is -0.110. The molecule has 0 saturated carbocycles. The van der Waals surface area contributed by atoms with Crippen LogP contribution in [0.4, 0.5) is 0 Å². The summed E-state index contributed by atoms with van der Waals surface area (Å²) in [6, 6.07) is 8.64. The second-order valence-electron chi connectivity index (χ2n) is 3.78. The zero-order valence-corrected chi connectivity index (χ0v) is 8.20. The molecule has 1 amide bonds. The SMILES string of the molecule is O=CN[C@@H]1CCCCc2ccccc21. The van der Waals surface area contributed by atoms with E-state index >= 15 is 0 Å². The van der Waals surface area contributed by atoms with Gasteiger partial charge in [0, 0.05) is 0 Å². The quantitative estimate of drug-likeness (QED) is 0.561. The summed E-state index contributed by atoms with van der Waals surface area (Å²) < 4.78 is 0. The number of carbonyl (C=O) groups excluding carboxylic acids is 1. The van der Waals surface area contributed by atoms with E-state index in [1.807, 2.05) is 6.07 Å². The average molecular weight is 189 g/mol. The number of rotatable bonds is 2. The van der Waals surface area contributed by atoms with Gasteiger partial charge in [-0.05, 0) is 30.4 Å². The molecule has 1 aliphatic carbocycles. The lowest BCUT2D eigenvalue weighted by Gasteiger charge is -2.16. The van der Waals surface area contributed by atoms with Gasteiger partial charge in [0.05, 0.1) is 6.04 Å². The molecule has 0 aliphatic heterocycles. The van der Waals surface area contributed by atoms with E-state index in [0.29, 0.717) is 0 Å². The van der Waals surface area contributed by atoms with Gasteiger partial charge < -0.3 is 5.32 Å². The summed E-state index contributed by atoms with van der Waals surface area (Å²) in [6.07, 6.45) is 5.45. The van der Waals surface area contributed by atoms with Gasteiger partial charge in [0.25, 0.3) is 0 Å². The van der Waals surface area contributed by atoms with E-state index in [-0.39, 0.29) is 6.04 Å². The summed E-state index contributed by atoms with van der Waals surface area (Å²) in [4.78, 5) is 10.5. The molecular weight excluding hydrogens is 174 g/mol. The topological polar surface area (TPSA) is 29.1 Å². The summed E-state index contributed by atoms with van der Waals surface area (Å²) in [5.41, 5.74) is 2.70. The Bertz CT molecular complexity index is 322. The van der Waals surface area contributed by atoms with Crippen LogP contribution in [0.2, 0.25) is 0 Å². The van der Waals surface area contributed by atoms with Crippen molar-refractivity contribution in [1.29, 1.82) is 0 Å². The van der Waals surface area contributed by atoms with Crippen molar-refractivity contribution in [3.63, 3.8) is 0 Å². The van der Waals surface area contributed by atoms with Crippen molar-refractivity contribution < 1.29 is 4.79 Å². The first-order valence-corrected chi connectivity index (χ1v) is 5.19. The second kappa shape index (κ2) is 4.27. The highest BCUT2D eigenvalue weighted by molar-refractivity contribution is 5.48. The molecule has 0 fully saturated rings. The van der Waals surface area contributed by atoms with E-state index in [1.165, 1.54) is 24.0 Å². The number of nitrogens with one attached hydrogen (secondary N) is 1. The lowest BCUT2D eigenvalue weighted by Crippen LogP contribution is -2.19. The largest absolute Gasteiger partial charge is 0.352 e. The Morgan fingerprint density at radius 1 is 1.29 bits per heavy atom. The van der Waals surface area contributed by atoms with E-state index in [0.717, 1.165) is 19.3 Å². The second-order valence-corrected chi connectivity index (χ2v) is 3.78. The molecule has 1 N–H and O–H groups in total. The monoisotopic (exact) mass is 189 g/mol. The van der Waals surface area contributed by atoms with Crippen LogP contribution in [-0.2, 0) is 11.2 Å². The first kappa shape index (κ1) is 9.25. The number of carbonyl (C=O) groups is 1. The summed E-state index contributed by atoms with van der Waals surface area (Å²) in [6.45, 7) is 0. The van der Waals surface area contributed by atoms with Crippen molar-refractivity contribution in [3.05, 3.63) is 35.4 Å². The predicted octanol–water partition coefficient (Wildman–Crippen LogP) is 2.20. The minimum atomic E-state index is 0.228. The van der Waals surface area contributed by atoms with Gasteiger partial charge in [0.1, 0.15) is 0 Å². The highest BCUT2D eigenvalue weighted by atomic mass is 16.1. The van der Waals surface area contributed by atoms with Crippen LogP contribution in [0.1, 0.15) is 36.4 Å². The molecule has 0 heterocycles. The highest BCUT2D eigenvalue weighted by Gasteiger charge is 2.16. The molecule has 0 unspecified atom stereocenters. The molecule has 0 saturated heterocycles. The molecule has 74 valence electrons. The number of benzene rings is 1. The average Bonchev–Trinajstić information content (AvgIpc) is 2.42. The maximum Gasteiger partial charge on any atom is 0.207 e. The van der Waals surface area contributed by atoms with Crippen LogP contribution in [0.3, 0.4) is 0 Å². The molecule has 0 bridgehead atoms. The van der Waals surface area contributed by atoms with E-state index in [2.05, 4.69) is 23.5 Å². The van der Waals surface area contributed by atoms with Crippen LogP contribution in [0, 0.1) is 0 Å². The molecule has 0 radical (unpaired) electrons. The first-order chi connectivity index (χ1) is 6.92. The van der Waals surface area contributed by atoms with Crippen LogP contribution in [0.5, 0.6) is 0 Å². The highest BCUT2D eigenvalue weighted by Crippen LogP contribution is 2.27. The van der Waals surface area contributed by atoms with Crippen molar-refractivity contribution in [2.45, 2.75) is 31.7 Å². The lowest BCUT2D eigenvalue weighted by atomic mass is 9.99. The maximum absolute atomic E-state index is 10.5. The Hall–Kier alpha value is -1.31. The number of fused-ring (bicyclic) bond motifs is 1. The fourth-order valence-electron chi connectivity index (χ4n) is 2.18. The zero-order chi connectivity index (χ0) is 9.80. The van der Waals surface area contributed by atoms with Crippen LogP contribution in [0.15, 0.2) is 24.3 Å². The summed E-state index contributed by atoms with van der Waals surface area (Å²) in [5, 5.41) is 2.90. The van der Waals surface area contributed by atoms with E-state index < -0.39 is 0 Å². The molecule has 2 nitrogen and oxygen atoms in total. The number of amides is 1. The number of aryl methyl sites for hydroxylation is 1. The van der Waals surface area contributed by atoms with E-state index in [4.69, 9.17) is 0 Å². The standard InChI is InChI=1S/C12H15NO/c14-9-13-12-8-4-2-6-10-5-1-3-7-11(10)12/h1,3,5,7,9,12H,2,4,6,8H2,(H,13,14)/t12-/m1/s1. The minimum Gasteiger partial charge on any atom is -0.352 e. The van der Waals surface area contributed by atoms with Crippen molar-refractivity contribution in [1.82, 2.24) is 5.32 Å². The zero-order valence-electron chi connectivity index (χ0n) is 8.20. The van der Waals surface area contributed by atoms with Crippen LogP contribution in [-0.4, -0.2) is 6.41 Å². The third kappa shape index (κ3) is 1.79. The van der Waals surface area contributed by atoms with E-state index in [1.54, 1.807) is 0 Å². The van der Waals surface area contributed by atoms with Crippen molar-refractivity contribution in [2.24, 2.45) is 0 Å². The Labute approximate surface area is 84.3 Å². The van der Waals surface area contributed by atoms with Gasteiger partial charge in [-0.1, -0.05) is 30.7 Å². The minimum absolute atomic E-state index is 0.228. The normalized spacial score (nSPS) is 20.7. The summed E-state index contributed by atoms with van der Waals surface area (Å²) >= 11 is 0. The van der Waals surface area contributed by atoms with E-state index in [9.17, 15) is 4.79 Å². The van der Waals surface area contributed by atoms with Crippen molar-refractivity contribution >= 4 is 6.41 Å². The van der Waals surface area contributed by atoms with Crippen LogP contribution >= 0.6 is 0 Å². The molecule has 0 spiro atoms. The number of hydrogen-bond acceptors (Lipinski definition) is 1. The third-order valence-electron chi connectivity index (χ3n) is 2.89. The van der Waals surface area contributed by atoms with Gasteiger partial charge in [0.15, 0.2) is 0 Å². The van der Waals surface area contributed by atoms with Crippen LogP contribution in [0.25, 0.3) is 0 Å². The van der Waals surface area contributed by atoms with Gasteiger partial charge >= 0.3 is 0 Å². The van der Waals surface area contributed by atoms with Gasteiger partial charge in [0.2, 0.25) is 6.41 Å². The molecule has 1 aromatic rings. The van der Waals surface area contributed by atoms with Gasteiger partial charge in [-0.2, -0.15) is 0 Å². The van der Waals surface area contributed by atoms with Crippen molar-refractivity contribution in [3.8, 4) is 0 Å². The summed E-state index contributed by atoms with van der Waals surface area (Å²) in [7, 11) is 0. The molecule has 1 aliphatic rings. The van der Waals surface area contributed by atoms with Crippen molar-refractivity contribution in [2.75, 3.05) is 0 Å². The van der Waals surface area contributed by atoms with Gasteiger partial charge in [-0.3, -0.25) is 4.79 Å². The van der Waals surface area contributed by atoms with Crippen LogP contribution < -0.4 is 5.32 Å². The number of hydrogen-bond donors (Lipinski definition) is 1. The molecule has 0 aromatic heterocycles. The smallest absolute Gasteiger partial charge is 0.207 e. The molecule has 1 aromatic carbocycles. The fraction of sp³-hybridized carbons (Fsp3) is 0.417. The summed E-state index contributed by atoms with van der Waals surface area (Å²) in [5.74, 6) is 0. The molecule has 1 atom stereocenters. The Balaban J connectivity index is 2.31. The fourth-order valence-corrected chi connectivity index (χ4v) is 2.18.